The van der Waals surface area contributed by atoms with Crippen molar-refractivity contribution in [2.45, 2.75) is 25.6 Å². The summed E-state index contributed by atoms with van der Waals surface area (Å²) in [7, 11) is 11.9. The van der Waals surface area contributed by atoms with Crippen LogP contribution in [0.4, 0.5) is 0 Å². The van der Waals surface area contributed by atoms with Crippen molar-refractivity contribution in [3.05, 3.63) is 72.1 Å². The molecule has 2 aromatic carbocycles. The highest BCUT2D eigenvalue weighted by Crippen LogP contribution is 2.42. The number of hydrogen-bond acceptors (Lipinski definition) is 10. The van der Waals surface area contributed by atoms with E-state index in [4.69, 9.17) is 28.4 Å². The molecule has 1 atom stereocenters. The number of ether oxygens (including phenoxy) is 6. The quantitative estimate of drug-likeness (QED) is 0.139. The number of rotatable bonds is 13. The van der Waals surface area contributed by atoms with Gasteiger partial charge in [0.1, 0.15) is 0 Å². The van der Waals surface area contributed by atoms with Crippen LogP contribution in [0.5, 0.6) is 34.5 Å². The summed E-state index contributed by atoms with van der Waals surface area (Å²) in [5.41, 5.74) is 5.94. The number of aromatic nitrogens is 2. The maximum atomic E-state index is 5.55. The van der Waals surface area contributed by atoms with Gasteiger partial charge in [0.2, 0.25) is 11.5 Å². The minimum atomic E-state index is 0. The molecule has 1 fully saturated rings. The van der Waals surface area contributed by atoms with Crippen LogP contribution in [0, 0.1) is 0 Å². The predicted molar refractivity (Wildman–Crippen MR) is 203 cm³/mol. The van der Waals surface area contributed by atoms with Crippen LogP contribution in [0.2, 0.25) is 0 Å². The van der Waals surface area contributed by atoms with E-state index in [-0.39, 0.29) is 49.6 Å². The van der Waals surface area contributed by atoms with Crippen molar-refractivity contribution >= 4 is 49.6 Å². The fourth-order valence-electron chi connectivity index (χ4n) is 5.91. The lowest BCUT2D eigenvalue weighted by Crippen LogP contribution is -2.34. The molecule has 1 saturated heterocycles. The summed E-state index contributed by atoms with van der Waals surface area (Å²) >= 11 is 0. The number of benzene rings is 2. The van der Waals surface area contributed by atoms with E-state index in [0.717, 1.165) is 55.1 Å². The lowest BCUT2D eigenvalue weighted by molar-refractivity contribution is 0.222. The molecule has 5 rings (SSSR count). The lowest BCUT2D eigenvalue weighted by atomic mass is 10.1. The van der Waals surface area contributed by atoms with Gasteiger partial charge in [-0.15, -0.1) is 49.6 Å². The van der Waals surface area contributed by atoms with Gasteiger partial charge in [-0.3, -0.25) is 19.8 Å². The molecule has 0 N–H and O–H groups in total. The Morgan fingerprint density at radius 1 is 0.633 bits per heavy atom. The van der Waals surface area contributed by atoms with Crippen LogP contribution in [-0.4, -0.2) is 88.6 Å². The molecule has 4 aromatic rings. The van der Waals surface area contributed by atoms with E-state index in [1.807, 2.05) is 36.7 Å². The first-order valence-electron chi connectivity index (χ1n) is 14.8. The van der Waals surface area contributed by atoms with Crippen LogP contribution < -0.4 is 28.4 Å². The molecular weight excluding hydrogens is 714 g/mol. The smallest absolute Gasteiger partial charge is 0.203 e. The third-order valence-corrected chi connectivity index (χ3v) is 8.28. The fraction of sp³-hybridized carbons (Fsp3) is 0.371. The third-order valence-electron chi connectivity index (χ3n) is 8.28. The van der Waals surface area contributed by atoms with Gasteiger partial charge in [-0.2, -0.15) is 0 Å². The van der Waals surface area contributed by atoms with Crippen LogP contribution in [0.25, 0.3) is 22.5 Å². The van der Waals surface area contributed by atoms with Gasteiger partial charge < -0.3 is 28.4 Å². The summed E-state index contributed by atoms with van der Waals surface area (Å²) in [5.74, 6) is 3.55. The second-order valence-corrected chi connectivity index (χ2v) is 11.0. The number of likely N-dealkylation sites (tertiary alicyclic amines) is 1. The Morgan fingerprint density at radius 3 is 1.49 bits per heavy atom. The van der Waals surface area contributed by atoms with Gasteiger partial charge in [-0.25, -0.2) is 0 Å². The fourth-order valence-corrected chi connectivity index (χ4v) is 5.91. The van der Waals surface area contributed by atoms with Crippen molar-refractivity contribution < 1.29 is 28.4 Å². The number of likely N-dealkylation sites (N-methyl/N-ethyl adjacent to an activating group) is 1. The Morgan fingerprint density at radius 2 is 1.06 bits per heavy atom. The van der Waals surface area contributed by atoms with Crippen molar-refractivity contribution in [1.29, 1.82) is 0 Å². The van der Waals surface area contributed by atoms with E-state index in [0.29, 0.717) is 40.5 Å². The summed E-state index contributed by atoms with van der Waals surface area (Å²) < 4.78 is 33.2. The minimum Gasteiger partial charge on any atom is -0.493 e. The standard InChI is InChI=1S/C35H42N4O6.4ClH/c1-38(20-23-8-11-36-28(14-23)25-16-30(40-2)34(44-6)31(17-25)41-3)27-10-13-39(22-27)21-24-9-12-37-29(15-24)26-18-32(42-4)35(45-7)33(19-26)43-5;;;;/h8-9,11-12,14-19,27H,10,13,20-22H2,1-7H3;4*1H/t27-;;;;/m0..../s1. The van der Waals surface area contributed by atoms with Gasteiger partial charge in [0.15, 0.2) is 23.0 Å². The highest BCUT2D eigenvalue weighted by molar-refractivity contribution is 5.86. The summed E-state index contributed by atoms with van der Waals surface area (Å²) in [6.07, 6.45) is 4.83. The minimum absolute atomic E-state index is 0. The lowest BCUT2D eigenvalue weighted by Gasteiger charge is -2.25. The van der Waals surface area contributed by atoms with Gasteiger partial charge in [-0.05, 0) is 73.1 Å². The van der Waals surface area contributed by atoms with E-state index in [9.17, 15) is 0 Å². The average Bonchev–Trinajstić information content (AvgIpc) is 3.55. The normalized spacial score (nSPS) is 13.6. The van der Waals surface area contributed by atoms with E-state index in [1.54, 1.807) is 42.7 Å². The molecule has 1 aliphatic heterocycles. The first kappa shape index (κ1) is 43.6. The Kier molecular flexibility index (Phi) is 18.1. The zero-order valence-corrected chi connectivity index (χ0v) is 32.0. The highest BCUT2D eigenvalue weighted by Gasteiger charge is 2.26. The second-order valence-electron chi connectivity index (χ2n) is 11.0. The number of hydrogen-bond donors (Lipinski definition) is 0. The van der Waals surface area contributed by atoms with Crippen LogP contribution in [0.15, 0.2) is 60.9 Å². The molecule has 49 heavy (non-hydrogen) atoms. The van der Waals surface area contributed by atoms with Crippen LogP contribution in [0.3, 0.4) is 0 Å². The molecule has 0 bridgehead atoms. The molecule has 3 heterocycles. The molecule has 0 unspecified atom stereocenters. The zero-order valence-electron chi connectivity index (χ0n) is 28.8. The molecular formula is C35H46Cl4N4O6. The summed E-state index contributed by atoms with van der Waals surface area (Å²) in [6, 6.07) is 16.6. The molecule has 1 aliphatic rings. The number of methoxy groups -OCH3 is 6. The maximum Gasteiger partial charge on any atom is 0.203 e. The van der Waals surface area contributed by atoms with Gasteiger partial charge in [0.25, 0.3) is 0 Å². The van der Waals surface area contributed by atoms with Gasteiger partial charge in [0.05, 0.1) is 54.0 Å². The molecule has 0 amide bonds. The van der Waals surface area contributed by atoms with Crippen molar-refractivity contribution in [3.8, 4) is 57.0 Å². The number of nitrogens with zero attached hydrogens (tertiary/aromatic N) is 4. The van der Waals surface area contributed by atoms with E-state index in [2.05, 4.69) is 51.1 Å². The molecule has 0 aliphatic carbocycles. The summed E-state index contributed by atoms with van der Waals surface area (Å²) in [4.78, 5) is 14.2. The topological polar surface area (TPSA) is 87.6 Å². The van der Waals surface area contributed by atoms with Crippen molar-refractivity contribution in [2.75, 3.05) is 62.8 Å². The Bertz CT molecular complexity index is 1580. The average molecular weight is 761 g/mol. The van der Waals surface area contributed by atoms with E-state index >= 15 is 0 Å². The summed E-state index contributed by atoms with van der Waals surface area (Å²) in [6.45, 7) is 3.69. The Labute approximate surface area is 314 Å². The van der Waals surface area contributed by atoms with Crippen LogP contribution in [-0.2, 0) is 13.1 Å². The first-order chi connectivity index (χ1) is 21.9. The zero-order chi connectivity index (χ0) is 31.9. The molecule has 2 aromatic heterocycles. The Balaban J connectivity index is 0.00000300. The Hall–Kier alpha value is -3.38. The SMILES string of the molecule is COc1cc(-c2cc(CN3CC[C@H](N(C)Cc4ccnc(-c5cc(OC)c(OC)c(OC)c5)c4)C3)ccn2)cc(OC)c1OC.Cl.Cl.Cl.Cl. The first-order valence-corrected chi connectivity index (χ1v) is 14.8. The number of pyridine rings is 2. The second kappa shape index (κ2) is 20.3. The molecule has 0 spiro atoms. The third kappa shape index (κ3) is 10.1. The number of halogens is 4. The highest BCUT2D eigenvalue weighted by atomic mass is 35.5. The van der Waals surface area contributed by atoms with Gasteiger partial charge in [-0.1, -0.05) is 0 Å². The van der Waals surface area contributed by atoms with Crippen molar-refractivity contribution in [2.24, 2.45) is 0 Å². The molecule has 0 saturated carbocycles. The van der Waals surface area contributed by atoms with Crippen LogP contribution in [0.1, 0.15) is 17.5 Å². The monoisotopic (exact) mass is 758 g/mol. The molecule has 270 valence electrons. The molecule has 0 radical (unpaired) electrons. The molecule has 10 nitrogen and oxygen atoms in total. The van der Waals surface area contributed by atoms with E-state index in [1.165, 1.54) is 11.1 Å². The van der Waals surface area contributed by atoms with Crippen molar-refractivity contribution in [1.82, 2.24) is 19.8 Å². The van der Waals surface area contributed by atoms with Crippen LogP contribution >= 0.6 is 49.6 Å². The van der Waals surface area contributed by atoms with E-state index < -0.39 is 0 Å². The predicted octanol–water partition coefficient (Wildman–Crippen LogP) is 7.26. The van der Waals surface area contributed by atoms with Gasteiger partial charge in [0, 0.05) is 55.7 Å². The summed E-state index contributed by atoms with van der Waals surface area (Å²) in [5, 5.41) is 0. The largest absolute Gasteiger partial charge is 0.493 e. The maximum absolute atomic E-state index is 5.55. The molecule has 14 heteroatoms. The van der Waals surface area contributed by atoms with Gasteiger partial charge >= 0.3 is 0 Å². The van der Waals surface area contributed by atoms with Crippen molar-refractivity contribution in [3.63, 3.8) is 0 Å².